The van der Waals surface area contributed by atoms with Crippen LogP contribution in [0.5, 0.6) is 5.75 Å². The molecule has 120 valence electrons. The van der Waals surface area contributed by atoms with Crippen LogP contribution in [-0.2, 0) is 9.59 Å². The summed E-state index contributed by atoms with van der Waals surface area (Å²) in [5.41, 5.74) is -0.295. The maximum atomic E-state index is 12.5. The third-order valence-corrected chi connectivity index (χ3v) is 3.71. The topological polar surface area (TPSA) is 66.8 Å². The van der Waals surface area contributed by atoms with Gasteiger partial charge in [0.25, 0.3) is 0 Å². The van der Waals surface area contributed by atoms with Crippen molar-refractivity contribution < 1.29 is 32.6 Å². The third-order valence-electron chi connectivity index (χ3n) is 2.96. The minimum atomic E-state index is -4.98. The molecular weight excluding hydrogens is 394 g/mol. The first-order chi connectivity index (χ1) is 10.1. The molecule has 0 saturated carbocycles. The highest BCUT2D eigenvalue weighted by Crippen LogP contribution is 2.43. The van der Waals surface area contributed by atoms with Crippen LogP contribution >= 0.6 is 27.5 Å². The van der Waals surface area contributed by atoms with Crippen molar-refractivity contribution in [2.75, 3.05) is 11.4 Å². The van der Waals surface area contributed by atoms with Crippen molar-refractivity contribution >= 4 is 45.1 Å². The molecule has 10 heteroatoms. The fourth-order valence-corrected chi connectivity index (χ4v) is 2.98. The number of anilines is 1. The molecule has 5 nitrogen and oxygen atoms in total. The Balaban J connectivity index is 2.46. The largest absolute Gasteiger partial charge is 0.573 e. The highest BCUT2D eigenvalue weighted by molar-refractivity contribution is 9.10. The smallest absolute Gasteiger partial charge is 0.481 e. The predicted molar refractivity (Wildman–Crippen MR) is 73.9 cm³/mol. The van der Waals surface area contributed by atoms with Gasteiger partial charge in [0.15, 0.2) is 5.75 Å². The summed E-state index contributed by atoms with van der Waals surface area (Å²) in [5, 5.41) is 8.78. The van der Waals surface area contributed by atoms with E-state index in [0.29, 0.717) is 0 Å². The van der Waals surface area contributed by atoms with Gasteiger partial charge in [0, 0.05) is 17.4 Å². The van der Waals surface area contributed by atoms with Crippen molar-refractivity contribution in [2.45, 2.75) is 12.8 Å². The SMILES string of the molecule is O=C(O)C1CC(=O)N(c2c(Cl)cc(Br)cc2OC(F)(F)F)C1. The zero-order chi connectivity index (χ0) is 16.7. The lowest BCUT2D eigenvalue weighted by molar-refractivity contribution is -0.274. The molecule has 1 atom stereocenters. The molecule has 0 spiro atoms. The maximum absolute atomic E-state index is 12.5. The Kier molecular flexibility index (Phi) is 4.57. The van der Waals surface area contributed by atoms with Gasteiger partial charge < -0.3 is 14.7 Å². The Morgan fingerprint density at radius 3 is 2.59 bits per heavy atom. The second kappa shape index (κ2) is 5.96. The van der Waals surface area contributed by atoms with Crippen molar-refractivity contribution in [1.82, 2.24) is 0 Å². The minimum absolute atomic E-state index is 0.159. The minimum Gasteiger partial charge on any atom is -0.481 e. The van der Waals surface area contributed by atoms with Gasteiger partial charge in [-0.15, -0.1) is 13.2 Å². The summed E-state index contributed by atoms with van der Waals surface area (Å²) >= 11 is 8.90. The normalized spacial score (nSPS) is 18.7. The summed E-state index contributed by atoms with van der Waals surface area (Å²) in [6, 6.07) is 2.30. The standard InChI is InChI=1S/C12H8BrClF3NO4/c13-6-2-7(14)10(8(3-6)22-12(15,16)17)18-4-5(11(20)21)1-9(18)19/h2-3,5H,1,4H2,(H,20,21). The molecule has 0 bridgehead atoms. The molecule has 1 N–H and O–H groups in total. The van der Waals surface area contributed by atoms with Gasteiger partial charge in [0.1, 0.15) is 5.69 Å². The second-order valence-electron chi connectivity index (χ2n) is 4.53. The Morgan fingerprint density at radius 2 is 2.09 bits per heavy atom. The molecule has 1 heterocycles. The van der Waals surface area contributed by atoms with Crippen LogP contribution < -0.4 is 9.64 Å². The zero-order valence-electron chi connectivity index (χ0n) is 10.7. The number of hydrogen-bond acceptors (Lipinski definition) is 3. The molecule has 22 heavy (non-hydrogen) atoms. The number of ether oxygens (including phenoxy) is 1. The van der Waals surface area contributed by atoms with Gasteiger partial charge in [0.2, 0.25) is 5.91 Å². The van der Waals surface area contributed by atoms with E-state index >= 15 is 0 Å². The monoisotopic (exact) mass is 401 g/mol. The number of aliphatic carboxylic acids is 1. The van der Waals surface area contributed by atoms with Gasteiger partial charge >= 0.3 is 12.3 Å². The van der Waals surface area contributed by atoms with Crippen molar-refractivity contribution in [2.24, 2.45) is 5.92 Å². The number of nitrogens with zero attached hydrogens (tertiary/aromatic N) is 1. The molecule has 1 aromatic rings. The molecule has 0 radical (unpaired) electrons. The van der Waals surface area contributed by atoms with Crippen LogP contribution in [0.4, 0.5) is 18.9 Å². The van der Waals surface area contributed by atoms with E-state index in [2.05, 4.69) is 20.7 Å². The number of alkyl halides is 3. The van der Waals surface area contributed by atoms with Crippen LogP contribution in [0.2, 0.25) is 5.02 Å². The van der Waals surface area contributed by atoms with Crippen molar-refractivity contribution in [1.29, 1.82) is 0 Å². The van der Waals surface area contributed by atoms with Crippen molar-refractivity contribution in [3.8, 4) is 5.75 Å². The predicted octanol–water partition coefficient (Wildman–Crippen LogP) is 3.44. The number of benzene rings is 1. The maximum Gasteiger partial charge on any atom is 0.573 e. The summed E-state index contributed by atoms with van der Waals surface area (Å²) in [6.07, 6.45) is -5.29. The molecule has 1 aromatic carbocycles. The molecule has 2 rings (SSSR count). The number of carbonyl (C=O) groups is 2. The van der Waals surface area contributed by atoms with Gasteiger partial charge in [-0.3, -0.25) is 9.59 Å². The average molecular weight is 403 g/mol. The first kappa shape index (κ1) is 16.9. The molecule has 1 amide bonds. The van der Waals surface area contributed by atoms with Crippen LogP contribution in [0.15, 0.2) is 16.6 Å². The van der Waals surface area contributed by atoms with Gasteiger partial charge in [0.05, 0.1) is 10.9 Å². The molecule has 0 aromatic heterocycles. The summed E-state index contributed by atoms with van der Waals surface area (Å²) < 4.78 is 41.6. The highest BCUT2D eigenvalue weighted by atomic mass is 79.9. The molecule has 1 saturated heterocycles. The number of carbonyl (C=O) groups excluding carboxylic acids is 1. The van der Waals surface area contributed by atoms with E-state index in [4.69, 9.17) is 16.7 Å². The Bertz CT molecular complexity index is 638. The fourth-order valence-electron chi connectivity index (χ4n) is 2.10. The Hall–Kier alpha value is -1.48. The van der Waals surface area contributed by atoms with Gasteiger partial charge in [-0.1, -0.05) is 27.5 Å². The number of hydrogen-bond donors (Lipinski definition) is 1. The average Bonchev–Trinajstić information content (AvgIpc) is 2.68. The number of rotatable bonds is 3. The van der Waals surface area contributed by atoms with E-state index in [1.165, 1.54) is 6.07 Å². The van der Waals surface area contributed by atoms with Crippen molar-refractivity contribution in [3.05, 3.63) is 21.6 Å². The Morgan fingerprint density at radius 1 is 1.45 bits per heavy atom. The molecule has 1 unspecified atom stereocenters. The first-order valence-corrected chi connectivity index (χ1v) is 7.03. The van der Waals surface area contributed by atoms with Crippen molar-refractivity contribution in [3.63, 3.8) is 0 Å². The molecule has 1 aliphatic rings. The van der Waals surface area contributed by atoms with Crippen LogP contribution in [0.1, 0.15) is 6.42 Å². The number of carboxylic acids is 1. The lowest BCUT2D eigenvalue weighted by Gasteiger charge is -2.22. The summed E-state index contributed by atoms with van der Waals surface area (Å²) in [6.45, 7) is -0.274. The van der Waals surface area contributed by atoms with E-state index in [9.17, 15) is 22.8 Å². The summed E-state index contributed by atoms with van der Waals surface area (Å²) in [7, 11) is 0. The van der Waals surface area contributed by atoms with E-state index in [1.54, 1.807) is 0 Å². The number of halogens is 5. The van der Waals surface area contributed by atoms with Gasteiger partial charge in [-0.25, -0.2) is 0 Å². The lowest BCUT2D eigenvalue weighted by atomic mass is 10.1. The summed E-state index contributed by atoms with van der Waals surface area (Å²) in [5.74, 6) is -3.52. The van der Waals surface area contributed by atoms with Crippen LogP contribution in [0, 0.1) is 5.92 Å². The highest BCUT2D eigenvalue weighted by Gasteiger charge is 2.39. The fraction of sp³-hybridized carbons (Fsp3) is 0.333. The third kappa shape index (κ3) is 3.64. The number of carboxylic acid groups (broad SMARTS) is 1. The van der Waals surface area contributed by atoms with E-state index < -0.39 is 29.9 Å². The quantitative estimate of drug-likeness (QED) is 0.841. The molecule has 1 aliphatic heterocycles. The molecular formula is C12H8BrClF3NO4. The lowest BCUT2D eigenvalue weighted by Crippen LogP contribution is -2.28. The van der Waals surface area contributed by atoms with E-state index in [1.807, 2.05) is 0 Å². The van der Waals surface area contributed by atoms with Crippen LogP contribution in [-0.4, -0.2) is 29.9 Å². The van der Waals surface area contributed by atoms with E-state index in [-0.39, 0.29) is 28.1 Å². The van der Waals surface area contributed by atoms with Gasteiger partial charge in [-0.05, 0) is 12.1 Å². The van der Waals surface area contributed by atoms with E-state index in [0.717, 1.165) is 11.0 Å². The number of amides is 1. The molecule has 1 fully saturated rings. The second-order valence-corrected chi connectivity index (χ2v) is 5.85. The zero-order valence-corrected chi connectivity index (χ0v) is 13.0. The van der Waals surface area contributed by atoms with Gasteiger partial charge in [-0.2, -0.15) is 0 Å². The summed E-state index contributed by atoms with van der Waals surface area (Å²) in [4.78, 5) is 23.7. The first-order valence-electron chi connectivity index (χ1n) is 5.86. The van der Waals surface area contributed by atoms with Crippen LogP contribution in [0.3, 0.4) is 0 Å². The van der Waals surface area contributed by atoms with Crippen LogP contribution in [0.25, 0.3) is 0 Å². The Labute approximate surface area is 135 Å². The molecule has 0 aliphatic carbocycles.